The van der Waals surface area contributed by atoms with E-state index in [0.29, 0.717) is 13.1 Å². The van der Waals surface area contributed by atoms with E-state index in [9.17, 15) is 8.78 Å². The van der Waals surface area contributed by atoms with Crippen molar-refractivity contribution in [2.75, 3.05) is 26.2 Å². The van der Waals surface area contributed by atoms with Crippen LogP contribution in [0, 0.1) is 13.8 Å². The molecule has 1 aromatic carbocycles. The summed E-state index contributed by atoms with van der Waals surface area (Å²) in [6.07, 6.45) is -2.34. The second-order valence-corrected chi connectivity index (χ2v) is 4.87. The van der Waals surface area contributed by atoms with Crippen LogP contribution in [0.4, 0.5) is 8.78 Å². The fraction of sp³-hybridized carbons (Fsp3) is 0.571. The SMILES string of the molecule is Cc1cccc(C)c1[C@H](C(F)F)N1CCNCC1.Cl.Cl. The summed E-state index contributed by atoms with van der Waals surface area (Å²) < 4.78 is 26.9. The highest BCUT2D eigenvalue weighted by molar-refractivity contribution is 5.85. The molecule has 0 radical (unpaired) electrons. The molecule has 0 aromatic heterocycles. The zero-order valence-electron chi connectivity index (χ0n) is 11.7. The van der Waals surface area contributed by atoms with Gasteiger partial charge >= 0.3 is 0 Å². The molecular formula is C14H22Cl2F2N2. The van der Waals surface area contributed by atoms with E-state index in [4.69, 9.17) is 0 Å². The lowest BCUT2D eigenvalue weighted by Gasteiger charge is -2.36. The molecule has 2 nitrogen and oxygen atoms in total. The average Bonchev–Trinajstić information content (AvgIpc) is 2.34. The quantitative estimate of drug-likeness (QED) is 0.916. The van der Waals surface area contributed by atoms with Gasteiger partial charge in [-0.2, -0.15) is 0 Å². The summed E-state index contributed by atoms with van der Waals surface area (Å²) in [5.41, 5.74) is 2.71. The third-order valence-electron chi connectivity index (χ3n) is 3.62. The molecule has 1 aliphatic rings. The largest absolute Gasteiger partial charge is 0.314 e. The van der Waals surface area contributed by atoms with Gasteiger partial charge in [-0.1, -0.05) is 18.2 Å². The van der Waals surface area contributed by atoms with Gasteiger partial charge < -0.3 is 5.32 Å². The van der Waals surface area contributed by atoms with Gasteiger partial charge in [0.25, 0.3) is 6.43 Å². The maximum atomic E-state index is 13.5. The van der Waals surface area contributed by atoms with E-state index in [1.165, 1.54) is 0 Å². The first-order valence-electron chi connectivity index (χ1n) is 6.40. The molecule has 0 unspecified atom stereocenters. The zero-order valence-corrected chi connectivity index (χ0v) is 13.4. The number of halogens is 4. The minimum Gasteiger partial charge on any atom is -0.314 e. The van der Waals surface area contributed by atoms with E-state index in [2.05, 4.69) is 5.32 Å². The summed E-state index contributed by atoms with van der Waals surface area (Å²) in [5.74, 6) is 0. The van der Waals surface area contributed by atoms with E-state index < -0.39 is 12.5 Å². The van der Waals surface area contributed by atoms with Crippen molar-refractivity contribution < 1.29 is 8.78 Å². The molecule has 0 aliphatic carbocycles. The molecule has 20 heavy (non-hydrogen) atoms. The van der Waals surface area contributed by atoms with Crippen molar-refractivity contribution in [2.45, 2.75) is 26.3 Å². The van der Waals surface area contributed by atoms with Gasteiger partial charge in [0.05, 0.1) is 6.04 Å². The molecule has 1 aliphatic heterocycles. The van der Waals surface area contributed by atoms with Crippen LogP contribution in [0.2, 0.25) is 0 Å². The van der Waals surface area contributed by atoms with Crippen molar-refractivity contribution in [3.63, 3.8) is 0 Å². The molecule has 0 bridgehead atoms. The smallest absolute Gasteiger partial charge is 0.258 e. The highest BCUT2D eigenvalue weighted by Crippen LogP contribution is 2.32. The van der Waals surface area contributed by atoms with E-state index in [1.54, 1.807) is 0 Å². The fourth-order valence-electron chi connectivity index (χ4n) is 2.72. The Bertz CT molecular complexity index is 390. The first-order chi connectivity index (χ1) is 8.61. The van der Waals surface area contributed by atoms with Gasteiger partial charge in [0.1, 0.15) is 0 Å². The van der Waals surface area contributed by atoms with Crippen LogP contribution in [0.5, 0.6) is 0 Å². The first-order valence-corrected chi connectivity index (χ1v) is 6.40. The summed E-state index contributed by atoms with van der Waals surface area (Å²) in [4.78, 5) is 1.90. The Morgan fingerprint density at radius 1 is 1.05 bits per heavy atom. The zero-order chi connectivity index (χ0) is 13.1. The Kier molecular flexibility index (Phi) is 8.59. The van der Waals surface area contributed by atoms with Crippen LogP contribution in [-0.2, 0) is 0 Å². The molecule has 0 saturated carbocycles. The molecule has 0 amide bonds. The maximum Gasteiger partial charge on any atom is 0.258 e. The Morgan fingerprint density at radius 3 is 2.00 bits per heavy atom. The lowest BCUT2D eigenvalue weighted by atomic mass is 9.95. The molecule has 1 heterocycles. The van der Waals surface area contributed by atoms with Crippen LogP contribution < -0.4 is 5.32 Å². The van der Waals surface area contributed by atoms with Crippen LogP contribution in [-0.4, -0.2) is 37.5 Å². The van der Waals surface area contributed by atoms with Gasteiger partial charge in [-0.05, 0) is 30.5 Å². The molecule has 116 valence electrons. The van der Waals surface area contributed by atoms with Crippen LogP contribution >= 0.6 is 24.8 Å². The predicted molar refractivity (Wildman–Crippen MR) is 83.6 cm³/mol. The summed E-state index contributed by atoms with van der Waals surface area (Å²) in [6, 6.07) is 4.99. The fourth-order valence-corrected chi connectivity index (χ4v) is 2.72. The number of piperazine rings is 1. The molecule has 1 fully saturated rings. The van der Waals surface area contributed by atoms with Gasteiger partial charge in [0.2, 0.25) is 0 Å². The number of rotatable bonds is 3. The predicted octanol–water partition coefficient (Wildman–Crippen LogP) is 3.36. The second kappa shape index (κ2) is 8.78. The van der Waals surface area contributed by atoms with Gasteiger partial charge in [-0.15, -0.1) is 24.8 Å². The summed E-state index contributed by atoms with van der Waals surface area (Å²) in [6.45, 7) is 6.77. The number of hydrogen-bond acceptors (Lipinski definition) is 2. The average molecular weight is 327 g/mol. The highest BCUT2D eigenvalue weighted by atomic mass is 35.5. The monoisotopic (exact) mass is 326 g/mol. The molecule has 1 saturated heterocycles. The molecule has 1 atom stereocenters. The standard InChI is InChI=1S/C14H20F2N2.2ClH/c1-10-4-3-5-11(2)12(10)13(14(15)16)18-8-6-17-7-9-18;;/h3-5,13-14,17H,6-9H2,1-2H3;2*1H/t13-;;/m1../s1. The van der Waals surface area contributed by atoms with Crippen LogP contribution in [0.15, 0.2) is 18.2 Å². The Hall–Kier alpha value is -0.420. The van der Waals surface area contributed by atoms with Gasteiger partial charge in [-0.3, -0.25) is 4.90 Å². The third-order valence-corrected chi connectivity index (χ3v) is 3.62. The van der Waals surface area contributed by atoms with E-state index in [-0.39, 0.29) is 24.8 Å². The Balaban J connectivity index is 0.00000180. The molecular weight excluding hydrogens is 305 g/mol. The summed E-state index contributed by atoms with van der Waals surface area (Å²) in [7, 11) is 0. The topological polar surface area (TPSA) is 15.3 Å². The van der Waals surface area contributed by atoms with Gasteiger partial charge in [0, 0.05) is 26.2 Å². The van der Waals surface area contributed by atoms with Crippen molar-refractivity contribution in [1.82, 2.24) is 10.2 Å². The Labute approximate surface area is 131 Å². The Morgan fingerprint density at radius 2 is 1.55 bits per heavy atom. The molecule has 6 heteroatoms. The molecule has 2 rings (SSSR count). The van der Waals surface area contributed by atoms with Crippen LogP contribution in [0.3, 0.4) is 0 Å². The second-order valence-electron chi connectivity index (χ2n) is 4.87. The van der Waals surface area contributed by atoms with Crippen LogP contribution in [0.25, 0.3) is 0 Å². The number of aryl methyl sites for hydroxylation is 2. The van der Waals surface area contributed by atoms with Crippen molar-refractivity contribution in [2.24, 2.45) is 0 Å². The number of nitrogens with one attached hydrogen (secondary N) is 1. The van der Waals surface area contributed by atoms with Gasteiger partial charge in [0.15, 0.2) is 0 Å². The number of alkyl halides is 2. The van der Waals surface area contributed by atoms with Crippen molar-refractivity contribution in [3.05, 3.63) is 34.9 Å². The van der Waals surface area contributed by atoms with Crippen molar-refractivity contribution in [1.29, 1.82) is 0 Å². The van der Waals surface area contributed by atoms with E-state index in [1.807, 2.05) is 36.9 Å². The highest BCUT2D eigenvalue weighted by Gasteiger charge is 2.31. The molecule has 1 aromatic rings. The minimum atomic E-state index is -2.34. The lowest BCUT2D eigenvalue weighted by Crippen LogP contribution is -2.47. The number of nitrogens with zero attached hydrogens (tertiary/aromatic N) is 1. The number of benzene rings is 1. The number of hydrogen-bond donors (Lipinski definition) is 1. The lowest BCUT2D eigenvalue weighted by molar-refractivity contribution is 0.0175. The minimum absolute atomic E-state index is 0. The molecule has 0 spiro atoms. The van der Waals surface area contributed by atoms with Crippen LogP contribution in [0.1, 0.15) is 22.7 Å². The summed E-state index contributed by atoms with van der Waals surface area (Å²) >= 11 is 0. The molecule has 1 N–H and O–H groups in total. The first kappa shape index (κ1) is 19.6. The van der Waals surface area contributed by atoms with Crippen molar-refractivity contribution >= 4 is 24.8 Å². The van der Waals surface area contributed by atoms with E-state index in [0.717, 1.165) is 29.8 Å². The normalized spacial score (nSPS) is 17.2. The van der Waals surface area contributed by atoms with E-state index >= 15 is 0 Å². The third kappa shape index (κ3) is 4.29. The maximum absolute atomic E-state index is 13.5. The summed E-state index contributed by atoms with van der Waals surface area (Å²) in [5, 5.41) is 3.20. The van der Waals surface area contributed by atoms with Gasteiger partial charge in [-0.25, -0.2) is 8.78 Å². The van der Waals surface area contributed by atoms with Crippen molar-refractivity contribution in [3.8, 4) is 0 Å².